The lowest BCUT2D eigenvalue weighted by Gasteiger charge is -2.23. The summed E-state index contributed by atoms with van der Waals surface area (Å²) in [6, 6.07) is 8.31. The summed E-state index contributed by atoms with van der Waals surface area (Å²) < 4.78 is 1.91. The Morgan fingerprint density at radius 1 is 1.33 bits per heavy atom. The third-order valence-corrected chi connectivity index (χ3v) is 5.28. The van der Waals surface area contributed by atoms with E-state index >= 15 is 0 Å². The number of benzene rings is 1. The molecule has 1 atom stereocenters. The molecule has 3 heterocycles. The molecule has 0 bridgehead atoms. The molecule has 2 aromatic heterocycles. The molecule has 144 valence electrons. The molecule has 0 aliphatic carbocycles. The van der Waals surface area contributed by atoms with Crippen LogP contribution in [0.25, 0.3) is 16.6 Å². The summed E-state index contributed by atoms with van der Waals surface area (Å²) in [4.78, 5) is 17.1. The highest BCUT2D eigenvalue weighted by molar-refractivity contribution is 5.92. The summed E-state index contributed by atoms with van der Waals surface area (Å²) in [6.07, 6.45) is 3.34. The van der Waals surface area contributed by atoms with Gasteiger partial charge in [0.15, 0.2) is 5.65 Å². The number of aromatic nitrogens is 3. The fourth-order valence-electron chi connectivity index (χ4n) is 3.85. The number of halogens is 1. The Balaban J connectivity index is 0.00000210. The minimum Gasteiger partial charge on any atom is -0.352 e. The fourth-order valence-corrected chi connectivity index (χ4v) is 3.85. The lowest BCUT2D eigenvalue weighted by molar-refractivity contribution is -0.121. The zero-order valence-electron chi connectivity index (χ0n) is 15.8. The SMILES string of the molecule is Cc1nc2c3ccccc3nn2c(C)c1CCC(=O)N[C@H]1CCCNC1.Cl. The van der Waals surface area contributed by atoms with E-state index in [1.807, 2.05) is 29.6 Å². The highest BCUT2D eigenvalue weighted by Gasteiger charge is 2.17. The van der Waals surface area contributed by atoms with E-state index in [0.717, 1.165) is 59.4 Å². The number of hydrogen-bond acceptors (Lipinski definition) is 4. The first-order chi connectivity index (χ1) is 12.6. The van der Waals surface area contributed by atoms with Crippen molar-refractivity contribution in [3.63, 3.8) is 0 Å². The maximum Gasteiger partial charge on any atom is 0.220 e. The van der Waals surface area contributed by atoms with E-state index in [9.17, 15) is 4.79 Å². The van der Waals surface area contributed by atoms with Crippen molar-refractivity contribution in [2.75, 3.05) is 13.1 Å². The molecule has 4 rings (SSSR count). The molecular formula is C20H26ClN5O. The highest BCUT2D eigenvalue weighted by Crippen LogP contribution is 2.22. The molecule has 1 amide bonds. The Bertz CT molecular complexity index is 962. The summed E-state index contributed by atoms with van der Waals surface area (Å²) in [5, 5.41) is 12.2. The first-order valence-corrected chi connectivity index (χ1v) is 9.37. The van der Waals surface area contributed by atoms with Gasteiger partial charge in [-0.05, 0) is 57.4 Å². The average Bonchev–Trinajstić information content (AvgIpc) is 3.01. The summed E-state index contributed by atoms with van der Waals surface area (Å²) in [5.74, 6) is 0.114. The molecule has 1 aliphatic rings. The number of nitrogens with zero attached hydrogens (tertiary/aromatic N) is 3. The third kappa shape index (κ3) is 3.92. The number of fused-ring (bicyclic) bond motifs is 3. The number of aryl methyl sites for hydroxylation is 2. The molecule has 27 heavy (non-hydrogen) atoms. The van der Waals surface area contributed by atoms with Crippen molar-refractivity contribution in [2.24, 2.45) is 0 Å². The fraction of sp³-hybridized carbons (Fsp3) is 0.450. The first kappa shape index (κ1) is 19.6. The number of carbonyl (C=O) groups excluding carboxylic acids is 1. The van der Waals surface area contributed by atoms with Crippen LogP contribution in [-0.4, -0.2) is 39.6 Å². The van der Waals surface area contributed by atoms with Crippen LogP contribution in [0, 0.1) is 13.8 Å². The van der Waals surface area contributed by atoms with Gasteiger partial charge in [-0.3, -0.25) is 4.79 Å². The summed E-state index contributed by atoms with van der Waals surface area (Å²) in [5.41, 5.74) is 4.99. The maximum atomic E-state index is 12.3. The largest absolute Gasteiger partial charge is 0.352 e. The van der Waals surface area contributed by atoms with Crippen molar-refractivity contribution in [3.05, 3.63) is 41.2 Å². The van der Waals surface area contributed by atoms with Gasteiger partial charge in [-0.1, -0.05) is 12.1 Å². The standard InChI is InChI=1S/C20H25N5O.ClH/c1-13-16(9-10-19(26)23-15-6-5-11-21-12-15)14(2)25-20(22-13)17-7-3-4-8-18(17)24-25;/h3-4,7-8,15,21H,5-6,9-12H2,1-2H3,(H,23,26);1H/t15-;/m0./s1. The molecule has 1 aromatic carbocycles. The molecule has 7 heteroatoms. The average molecular weight is 388 g/mol. The molecule has 0 saturated carbocycles. The van der Waals surface area contributed by atoms with Crippen LogP contribution in [-0.2, 0) is 11.2 Å². The molecule has 3 aromatic rings. The molecule has 0 radical (unpaired) electrons. The van der Waals surface area contributed by atoms with E-state index in [-0.39, 0.29) is 24.4 Å². The van der Waals surface area contributed by atoms with Crippen LogP contribution in [0.15, 0.2) is 24.3 Å². The summed E-state index contributed by atoms with van der Waals surface area (Å²) in [7, 11) is 0. The third-order valence-electron chi connectivity index (χ3n) is 5.28. The zero-order chi connectivity index (χ0) is 18.1. The molecule has 1 saturated heterocycles. The molecule has 2 N–H and O–H groups in total. The second-order valence-corrected chi connectivity index (χ2v) is 7.12. The first-order valence-electron chi connectivity index (χ1n) is 9.37. The van der Waals surface area contributed by atoms with Crippen LogP contribution in [0.2, 0.25) is 0 Å². The number of carbonyl (C=O) groups is 1. The molecular weight excluding hydrogens is 362 g/mol. The van der Waals surface area contributed by atoms with Crippen LogP contribution in [0.5, 0.6) is 0 Å². The summed E-state index contributed by atoms with van der Waals surface area (Å²) >= 11 is 0. The van der Waals surface area contributed by atoms with E-state index in [1.54, 1.807) is 0 Å². The van der Waals surface area contributed by atoms with Crippen molar-refractivity contribution in [2.45, 2.75) is 45.6 Å². The van der Waals surface area contributed by atoms with Crippen LogP contribution in [0.4, 0.5) is 0 Å². The predicted octanol–water partition coefficient (Wildman–Crippen LogP) is 2.72. The van der Waals surface area contributed by atoms with Crippen LogP contribution in [0.3, 0.4) is 0 Å². The van der Waals surface area contributed by atoms with Crippen LogP contribution < -0.4 is 10.6 Å². The van der Waals surface area contributed by atoms with Gasteiger partial charge in [-0.2, -0.15) is 5.10 Å². The van der Waals surface area contributed by atoms with Crippen LogP contribution >= 0.6 is 12.4 Å². The molecule has 0 spiro atoms. The number of hydrogen-bond donors (Lipinski definition) is 2. The van der Waals surface area contributed by atoms with Gasteiger partial charge in [0.2, 0.25) is 5.91 Å². The minimum atomic E-state index is 0. The number of nitrogens with one attached hydrogen (secondary N) is 2. The topological polar surface area (TPSA) is 71.3 Å². The lowest BCUT2D eigenvalue weighted by atomic mass is 10.0. The van der Waals surface area contributed by atoms with Gasteiger partial charge in [0.1, 0.15) is 0 Å². The van der Waals surface area contributed by atoms with E-state index in [1.165, 1.54) is 0 Å². The monoisotopic (exact) mass is 387 g/mol. The quantitative estimate of drug-likeness (QED) is 0.722. The number of amides is 1. The Hall–Kier alpha value is -2.18. The Morgan fingerprint density at radius 3 is 2.93 bits per heavy atom. The molecule has 0 unspecified atom stereocenters. The van der Waals surface area contributed by atoms with Crippen molar-refractivity contribution >= 4 is 34.9 Å². The maximum absolute atomic E-state index is 12.3. The summed E-state index contributed by atoms with van der Waals surface area (Å²) in [6.45, 7) is 6.00. The minimum absolute atomic E-state index is 0. The number of rotatable bonds is 4. The van der Waals surface area contributed by atoms with E-state index in [4.69, 9.17) is 4.98 Å². The zero-order valence-corrected chi connectivity index (χ0v) is 16.6. The Kier molecular flexibility index (Phi) is 5.97. The van der Waals surface area contributed by atoms with Gasteiger partial charge in [0.25, 0.3) is 0 Å². The van der Waals surface area contributed by atoms with Crippen LogP contribution in [0.1, 0.15) is 36.2 Å². The number of piperidine rings is 1. The van der Waals surface area contributed by atoms with Crippen molar-refractivity contribution in [3.8, 4) is 0 Å². The van der Waals surface area contributed by atoms with Gasteiger partial charge in [0, 0.05) is 35.8 Å². The predicted molar refractivity (Wildman–Crippen MR) is 110 cm³/mol. The Morgan fingerprint density at radius 2 is 2.15 bits per heavy atom. The molecule has 1 aliphatic heterocycles. The van der Waals surface area contributed by atoms with Crippen molar-refractivity contribution < 1.29 is 4.79 Å². The normalized spacial score (nSPS) is 17.0. The second-order valence-electron chi connectivity index (χ2n) is 7.12. The Labute approximate surface area is 165 Å². The van der Waals surface area contributed by atoms with Gasteiger partial charge < -0.3 is 10.6 Å². The molecule has 1 fully saturated rings. The highest BCUT2D eigenvalue weighted by atomic mass is 35.5. The molecule has 6 nitrogen and oxygen atoms in total. The van der Waals surface area contributed by atoms with Crippen molar-refractivity contribution in [1.29, 1.82) is 0 Å². The van der Waals surface area contributed by atoms with Gasteiger partial charge in [-0.25, -0.2) is 9.50 Å². The van der Waals surface area contributed by atoms with E-state index < -0.39 is 0 Å². The van der Waals surface area contributed by atoms with Crippen molar-refractivity contribution in [1.82, 2.24) is 25.2 Å². The van der Waals surface area contributed by atoms with E-state index in [2.05, 4.69) is 28.7 Å². The van der Waals surface area contributed by atoms with Gasteiger partial charge >= 0.3 is 0 Å². The smallest absolute Gasteiger partial charge is 0.220 e. The van der Waals surface area contributed by atoms with Gasteiger partial charge in [-0.15, -0.1) is 12.4 Å². The van der Waals surface area contributed by atoms with E-state index in [0.29, 0.717) is 12.8 Å². The second kappa shape index (κ2) is 8.23. The lowest BCUT2D eigenvalue weighted by Crippen LogP contribution is -2.45. The van der Waals surface area contributed by atoms with Gasteiger partial charge in [0.05, 0.1) is 5.52 Å².